The zero-order valence-electron chi connectivity index (χ0n) is 48.9. The van der Waals surface area contributed by atoms with Gasteiger partial charge in [-0.3, -0.25) is 14.4 Å². The normalized spacial score (nSPS) is 13.5. The van der Waals surface area contributed by atoms with Crippen LogP contribution in [0.1, 0.15) is 118 Å². The third-order valence-electron chi connectivity index (χ3n) is 14.2. The molecule has 3 fully saturated rings. The van der Waals surface area contributed by atoms with Crippen LogP contribution in [0.5, 0.6) is 11.5 Å². The molecule has 12 aromatic rings. The number of benzene rings is 6. The van der Waals surface area contributed by atoms with Crippen LogP contribution in [0.4, 0.5) is 26.3 Å². The van der Waals surface area contributed by atoms with E-state index >= 15 is 0 Å². The van der Waals surface area contributed by atoms with Crippen LogP contribution in [-0.4, -0.2) is 88.5 Å². The summed E-state index contributed by atoms with van der Waals surface area (Å²) in [5, 5.41) is 38.4. The molecule has 0 aliphatic heterocycles. The van der Waals surface area contributed by atoms with E-state index in [0.29, 0.717) is 108 Å². The van der Waals surface area contributed by atoms with E-state index < -0.39 is 12.7 Å². The number of nitrogens with one attached hydrogen (secondary N) is 1. The summed E-state index contributed by atoms with van der Waals surface area (Å²) in [6.45, 7) is 6.09. The smallest absolute Gasteiger partial charge is 0.406 e. The first-order valence-corrected chi connectivity index (χ1v) is 29.3. The summed E-state index contributed by atoms with van der Waals surface area (Å²) >= 11 is 5.48. The molecule has 0 unspecified atom stereocenters. The predicted octanol–water partition coefficient (Wildman–Crippen LogP) is 13.0. The molecule has 0 saturated heterocycles. The van der Waals surface area contributed by atoms with Gasteiger partial charge in [0, 0.05) is 17.8 Å². The minimum atomic E-state index is -4.76. The van der Waals surface area contributed by atoms with Crippen molar-refractivity contribution in [2.75, 3.05) is 0 Å². The van der Waals surface area contributed by atoms with Crippen LogP contribution in [0.2, 0.25) is 0 Å². The van der Waals surface area contributed by atoms with Gasteiger partial charge in [0.2, 0.25) is 17.7 Å². The van der Waals surface area contributed by atoms with E-state index in [1.165, 1.54) is 66.9 Å². The fraction of sp³-hybridized carbons (Fsp3) is 0.286. The number of aromatic amines is 1. The maximum Gasteiger partial charge on any atom is 0.573 e. The van der Waals surface area contributed by atoms with Gasteiger partial charge in [0.15, 0.2) is 17.5 Å². The molecule has 6 aromatic heterocycles. The minimum absolute atomic E-state index is 0. The van der Waals surface area contributed by atoms with Crippen molar-refractivity contribution in [3.05, 3.63) is 199 Å². The van der Waals surface area contributed by atoms with Crippen molar-refractivity contribution in [2.45, 2.75) is 116 Å². The third-order valence-corrected chi connectivity index (χ3v) is 14.4. The molecule has 0 spiro atoms. The number of rotatable bonds is 13. The summed E-state index contributed by atoms with van der Waals surface area (Å²) in [6, 6.07) is 34.5. The molecule has 0 amide bonds. The molecule has 0 radical (unpaired) electrons. The zero-order valence-corrected chi connectivity index (χ0v) is 49.6. The lowest BCUT2D eigenvalue weighted by atomic mass is 10.0. The molecule has 0 atom stereocenters. The molecule has 0 bridgehead atoms. The van der Waals surface area contributed by atoms with Crippen molar-refractivity contribution in [1.29, 1.82) is 0 Å². The van der Waals surface area contributed by atoms with Crippen LogP contribution in [0.15, 0.2) is 155 Å². The summed E-state index contributed by atoms with van der Waals surface area (Å²) < 4.78 is 99.4. The fourth-order valence-electron chi connectivity index (χ4n) is 9.07. The Morgan fingerprint density at radius 1 is 0.495 bits per heavy atom. The van der Waals surface area contributed by atoms with Crippen molar-refractivity contribution in [3.63, 3.8) is 0 Å². The van der Waals surface area contributed by atoms with Gasteiger partial charge in [0.1, 0.15) is 41.1 Å². The first kappa shape index (κ1) is 65.4. The van der Waals surface area contributed by atoms with Gasteiger partial charge in [-0.05, 0) is 139 Å². The van der Waals surface area contributed by atoms with Crippen LogP contribution in [-0.2, 0) is 19.0 Å². The molecule has 6 heterocycles. The van der Waals surface area contributed by atoms with E-state index in [9.17, 15) is 40.7 Å². The highest BCUT2D eigenvalue weighted by atomic mass is 35.5. The number of hydrogen-bond donors (Lipinski definition) is 1. The summed E-state index contributed by atoms with van der Waals surface area (Å²) in [5.41, 5.74) is 6.21. The van der Waals surface area contributed by atoms with Crippen molar-refractivity contribution >= 4 is 44.3 Å². The molecule has 3 aliphatic carbocycles. The first-order chi connectivity index (χ1) is 44.3. The maximum absolute atomic E-state index is 12.9. The molecule has 480 valence electrons. The van der Waals surface area contributed by atoms with Gasteiger partial charge < -0.3 is 23.0 Å². The fourth-order valence-corrected chi connectivity index (χ4v) is 9.18. The Morgan fingerprint density at radius 2 is 0.839 bits per heavy atom. The van der Waals surface area contributed by atoms with E-state index in [0.717, 1.165) is 52.1 Å². The van der Waals surface area contributed by atoms with E-state index in [1.54, 1.807) is 36.4 Å². The van der Waals surface area contributed by atoms with Crippen LogP contribution in [0.25, 0.3) is 66.1 Å². The number of fused-ring (bicyclic) bond motifs is 3. The Balaban J connectivity index is 0.000000143. The van der Waals surface area contributed by atoms with Crippen molar-refractivity contribution < 1.29 is 49.4 Å². The Bertz CT molecular complexity index is 4510. The van der Waals surface area contributed by atoms with Gasteiger partial charge in [-0.1, -0.05) is 125 Å². The number of nitrogens with zero attached hydrogens (tertiary/aromatic N) is 14. The standard InChI is InChI=1S/2C20H14F3N5O3.C14H11N3O.C6H7ClN2O.C2H6.CH4/c2*21-20(22,23)30-14-6-3-11(4-7-14)13-5-8-16-15(9-13)19(29)28(27-25-16)10-17-24-18(31-26-17)12-1-2-12;1-9-2-4-10(5-3-9)11-6-7-13-12(8-11)14(18)16-17-15-13;7-3-5-8-6(10-9-5)4-1-2-4;1-2;/h2*3-9,12H,1-2,10H2;2-8H,1H3,(H,15,16,18);4H,1-3H2;1-2H3;1H4. The second-order valence-corrected chi connectivity index (χ2v) is 21.3. The lowest BCUT2D eigenvalue weighted by Crippen LogP contribution is -2.25. The van der Waals surface area contributed by atoms with Gasteiger partial charge in [0.25, 0.3) is 16.7 Å². The Labute approximate surface area is 527 Å². The lowest BCUT2D eigenvalue weighted by molar-refractivity contribution is -0.275. The number of hydrogen-bond acceptors (Lipinski definition) is 20. The quantitative estimate of drug-likeness (QED) is 0.0828. The number of aromatic nitrogens is 15. The number of ether oxygens (including phenoxy) is 2. The lowest BCUT2D eigenvalue weighted by Gasteiger charge is -2.09. The van der Waals surface area contributed by atoms with Gasteiger partial charge >= 0.3 is 12.7 Å². The SMILES string of the molecule is C.CC.Cc1ccc(-c2ccc3nn[nH]c(=O)c3c2)cc1.ClCc1noc(C2CC2)n1.O=c1c2cc(-c3ccc(OC(F)(F)F)cc3)ccc2nnn1Cc1noc(C2CC2)n1.O=c1c2cc(-c3ccc(OC(F)(F)F)cc3)ccc2nnn1Cc1noc(C2CC2)n1. The topological polar surface area (TPSA) is 289 Å². The highest BCUT2D eigenvalue weighted by molar-refractivity contribution is 6.16. The van der Waals surface area contributed by atoms with E-state index in [4.69, 9.17) is 25.2 Å². The van der Waals surface area contributed by atoms with Crippen molar-refractivity contribution in [2.24, 2.45) is 0 Å². The molecule has 15 rings (SSSR count). The number of H-pyrrole nitrogens is 1. The van der Waals surface area contributed by atoms with E-state index in [2.05, 4.69) is 88.1 Å². The average Bonchev–Trinajstić information content (AvgIpc) is 1.67. The molecule has 3 saturated carbocycles. The van der Waals surface area contributed by atoms with Crippen LogP contribution >= 0.6 is 11.6 Å². The Kier molecular flexibility index (Phi) is 19.9. The second kappa shape index (κ2) is 28.3. The zero-order chi connectivity index (χ0) is 64.7. The van der Waals surface area contributed by atoms with E-state index in [1.807, 2.05) is 51.1 Å². The molecule has 93 heavy (non-hydrogen) atoms. The second-order valence-electron chi connectivity index (χ2n) is 21.1. The highest BCUT2D eigenvalue weighted by Gasteiger charge is 2.33. The molecule has 6 aromatic carbocycles. The Morgan fingerprint density at radius 3 is 1.20 bits per heavy atom. The third kappa shape index (κ3) is 16.9. The first-order valence-electron chi connectivity index (χ1n) is 28.8. The van der Waals surface area contributed by atoms with Gasteiger partial charge in [-0.2, -0.15) is 15.0 Å². The number of halogens is 7. The van der Waals surface area contributed by atoms with Crippen LogP contribution in [0.3, 0.4) is 0 Å². The molecular formula is C63H56ClF6N15O8. The van der Waals surface area contributed by atoms with Crippen LogP contribution < -0.4 is 26.2 Å². The number of aryl methyl sites for hydroxylation is 1. The molecular weight excluding hydrogens is 1240 g/mol. The monoisotopic (exact) mass is 1300 g/mol. The van der Waals surface area contributed by atoms with Gasteiger partial charge in [-0.15, -0.1) is 53.2 Å². The predicted molar refractivity (Wildman–Crippen MR) is 327 cm³/mol. The number of alkyl halides is 7. The summed E-state index contributed by atoms with van der Waals surface area (Å²) in [4.78, 5) is 50.1. The summed E-state index contributed by atoms with van der Waals surface area (Å²) in [5.74, 6) is 4.01. The van der Waals surface area contributed by atoms with Gasteiger partial charge in [0.05, 0.1) is 22.0 Å². The average molecular weight is 1300 g/mol. The molecule has 30 heteroatoms. The summed E-state index contributed by atoms with van der Waals surface area (Å²) in [7, 11) is 0. The molecule has 3 aliphatic rings. The summed E-state index contributed by atoms with van der Waals surface area (Å²) in [6.07, 6.45) is -3.08. The largest absolute Gasteiger partial charge is 0.573 e. The highest BCUT2D eigenvalue weighted by Crippen LogP contribution is 2.40. The maximum atomic E-state index is 12.9. The van der Waals surface area contributed by atoms with Gasteiger partial charge in [-0.25, -0.2) is 14.5 Å². The van der Waals surface area contributed by atoms with Crippen molar-refractivity contribution in [1.82, 2.24) is 75.8 Å². The van der Waals surface area contributed by atoms with Crippen molar-refractivity contribution in [3.8, 4) is 44.9 Å². The Hall–Kier alpha value is -10.6. The molecule has 23 nitrogen and oxygen atoms in total. The minimum Gasteiger partial charge on any atom is -0.406 e. The molecule has 1 N–H and O–H groups in total. The van der Waals surface area contributed by atoms with Crippen LogP contribution in [0, 0.1) is 6.92 Å². The van der Waals surface area contributed by atoms with E-state index in [-0.39, 0.29) is 48.7 Å².